The monoisotopic (exact) mass is 345 g/mol. The van der Waals surface area contributed by atoms with Crippen LogP contribution in [0.3, 0.4) is 0 Å². The number of aryl methyl sites for hydroxylation is 1. The largest absolute Gasteiger partial charge is 0.480 e. The molecular weight excluding hydrogens is 326 g/mol. The summed E-state index contributed by atoms with van der Waals surface area (Å²) >= 11 is 0. The Labute approximate surface area is 144 Å². The number of carboxylic acids is 1. The summed E-state index contributed by atoms with van der Waals surface area (Å²) in [5.74, 6) is -2.32. The van der Waals surface area contributed by atoms with E-state index in [2.05, 4.69) is 10.6 Å². The number of nitrogens with zero attached hydrogens (tertiary/aromatic N) is 1. The zero-order chi connectivity index (χ0) is 18.1. The maximum Gasteiger partial charge on any atom is 0.327 e. The molecule has 0 aliphatic carbocycles. The Bertz CT molecular complexity index is 761. The van der Waals surface area contributed by atoms with E-state index < -0.39 is 29.9 Å². The van der Waals surface area contributed by atoms with Crippen LogP contribution < -0.4 is 15.5 Å². The number of hydrogen-bond donors (Lipinski definition) is 3. The molecular formula is C17H19N3O5. The van der Waals surface area contributed by atoms with Crippen LogP contribution in [0.15, 0.2) is 18.2 Å². The van der Waals surface area contributed by atoms with Gasteiger partial charge in [-0.1, -0.05) is 18.2 Å². The third-order valence-electron chi connectivity index (χ3n) is 4.53. The highest BCUT2D eigenvalue weighted by Gasteiger charge is 2.43. The number of anilines is 1. The lowest BCUT2D eigenvalue weighted by Crippen LogP contribution is -2.53. The SMILES string of the molecule is CC(=O)NCC(=O)N[C@H]1CCc2cccc3c2N(C1=O)[C@H](C(=O)O)C3. The summed E-state index contributed by atoms with van der Waals surface area (Å²) in [5, 5.41) is 14.5. The second kappa shape index (κ2) is 6.54. The van der Waals surface area contributed by atoms with Gasteiger partial charge >= 0.3 is 5.97 Å². The molecule has 0 fully saturated rings. The molecule has 2 aliphatic rings. The van der Waals surface area contributed by atoms with Crippen molar-refractivity contribution in [3.63, 3.8) is 0 Å². The average Bonchev–Trinajstić information content (AvgIpc) is 2.90. The van der Waals surface area contributed by atoms with Gasteiger partial charge in [-0.2, -0.15) is 0 Å². The number of benzene rings is 1. The predicted octanol–water partition coefficient (Wildman–Crippen LogP) is -0.404. The summed E-state index contributed by atoms with van der Waals surface area (Å²) in [6.45, 7) is 1.07. The standard InChI is InChI=1S/C17H19N3O5/c1-9(21)18-8-14(22)19-12-6-5-10-3-2-4-11-7-13(17(24)25)20(15(10)11)16(12)23/h2-4,12-13H,5-8H2,1H3,(H,18,21)(H,19,22)(H,24,25)/t12-,13-/m0/s1. The number of amides is 3. The first kappa shape index (κ1) is 16.9. The molecule has 3 amide bonds. The summed E-state index contributed by atoms with van der Waals surface area (Å²) in [7, 11) is 0. The fourth-order valence-electron chi connectivity index (χ4n) is 3.41. The second-order valence-corrected chi connectivity index (χ2v) is 6.26. The summed E-state index contributed by atoms with van der Waals surface area (Å²) in [5.41, 5.74) is 2.41. The van der Waals surface area contributed by atoms with Gasteiger partial charge in [0.2, 0.25) is 17.7 Å². The van der Waals surface area contributed by atoms with Gasteiger partial charge < -0.3 is 15.7 Å². The van der Waals surface area contributed by atoms with Gasteiger partial charge in [-0.3, -0.25) is 19.3 Å². The van der Waals surface area contributed by atoms with Crippen LogP contribution in [0.2, 0.25) is 0 Å². The predicted molar refractivity (Wildman–Crippen MR) is 88.0 cm³/mol. The van der Waals surface area contributed by atoms with E-state index in [-0.39, 0.29) is 18.9 Å². The zero-order valence-corrected chi connectivity index (χ0v) is 13.7. The molecule has 0 unspecified atom stereocenters. The van der Waals surface area contributed by atoms with Gasteiger partial charge in [-0.05, 0) is 24.0 Å². The number of carbonyl (C=O) groups excluding carboxylic acids is 3. The van der Waals surface area contributed by atoms with E-state index in [9.17, 15) is 24.3 Å². The van der Waals surface area contributed by atoms with Crippen LogP contribution in [-0.2, 0) is 32.0 Å². The number of rotatable bonds is 4. The highest BCUT2D eigenvalue weighted by atomic mass is 16.4. The van der Waals surface area contributed by atoms with Gasteiger partial charge in [-0.25, -0.2) is 4.79 Å². The Morgan fingerprint density at radius 1 is 1.28 bits per heavy atom. The molecule has 2 heterocycles. The van der Waals surface area contributed by atoms with Crippen molar-refractivity contribution in [1.82, 2.24) is 10.6 Å². The summed E-state index contributed by atoms with van der Waals surface area (Å²) < 4.78 is 0. The van der Waals surface area contributed by atoms with Crippen molar-refractivity contribution in [2.24, 2.45) is 0 Å². The molecule has 8 heteroatoms. The fourth-order valence-corrected chi connectivity index (χ4v) is 3.41. The zero-order valence-electron chi connectivity index (χ0n) is 13.7. The summed E-state index contributed by atoms with van der Waals surface area (Å²) in [6, 6.07) is 3.79. The lowest BCUT2D eigenvalue weighted by Gasteiger charge is -2.26. The van der Waals surface area contributed by atoms with E-state index in [0.717, 1.165) is 11.1 Å². The molecule has 0 saturated heterocycles. The van der Waals surface area contributed by atoms with E-state index in [4.69, 9.17) is 0 Å². The van der Waals surface area contributed by atoms with Crippen molar-refractivity contribution < 1.29 is 24.3 Å². The van der Waals surface area contributed by atoms with Crippen LogP contribution in [0.5, 0.6) is 0 Å². The minimum absolute atomic E-state index is 0.223. The fraction of sp³-hybridized carbons (Fsp3) is 0.412. The summed E-state index contributed by atoms with van der Waals surface area (Å²) in [4.78, 5) is 48.7. The molecule has 0 saturated carbocycles. The molecule has 8 nitrogen and oxygen atoms in total. The highest BCUT2D eigenvalue weighted by molar-refractivity contribution is 6.06. The molecule has 25 heavy (non-hydrogen) atoms. The molecule has 0 radical (unpaired) electrons. The van der Waals surface area contributed by atoms with Crippen LogP contribution in [0.25, 0.3) is 0 Å². The molecule has 1 aromatic rings. The normalized spacial score (nSPS) is 21.3. The second-order valence-electron chi connectivity index (χ2n) is 6.26. The Kier molecular flexibility index (Phi) is 4.43. The maximum atomic E-state index is 12.9. The first-order valence-corrected chi connectivity index (χ1v) is 8.09. The van der Waals surface area contributed by atoms with Gasteiger partial charge in [0.1, 0.15) is 12.1 Å². The van der Waals surface area contributed by atoms with Gasteiger partial charge in [-0.15, -0.1) is 0 Å². The minimum Gasteiger partial charge on any atom is -0.480 e. The Morgan fingerprint density at radius 3 is 2.68 bits per heavy atom. The maximum absolute atomic E-state index is 12.9. The number of carboxylic acid groups (broad SMARTS) is 1. The van der Waals surface area contributed by atoms with Gasteiger partial charge in [0.15, 0.2) is 0 Å². The number of nitrogens with one attached hydrogen (secondary N) is 2. The third-order valence-corrected chi connectivity index (χ3v) is 4.53. The smallest absolute Gasteiger partial charge is 0.327 e. The number of hydrogen-bond acceptors (Lipinski definition) is 4. The Balaban J connectivity index is 1.85. The van der Waals surface area contributed by atoms with E-state index in [1.54, 1.807) is 0 Å². The minimum atomic E-state index is -1.07. The molecule has 3 N–H and O–H groups in total. The van der Waals surface area contributed by atoms with Crippen LogP contribution in [0, 0.1) is 0 Å². The first-order valence-electron chi connectivity index (χ1n) is 8.09. The third kappa shape index (κ3) is 3.19. The Morgan fingerprint density at radius 2 is 2.00 bits per heavy atom. The molecule has 2 atom stereocenters. The van der Waals surface area contributed by atoms with Crippen LogP contribution in [0.4, 0.5) is 5.69 Å². The highest BCUT2D eigenvalue weighted by Crippen LogP contribution is 2.38. The number of aliphatic carboxylic acids is 1. The lowest BCUT2D eigenvalue weighted by atomic mass is 10.0. The van der Waals surface area contributed by atoms with Crippen molar-refractivity contribution in [2.75, 3.05) is 11.4 Å². The van der Waals surface area contributed by atoms with Crippen LogP contribution in [-0.4, -0.2) is 47.4 Å². The molecule has 2 aliphatic heterocycles. The molecule has 3 rings (SSSR count). The molecule has 0 aromatic heterocycles. The Hall–Kier alpha value is -2.90. The number of para-hydroxylation sites is 1. The van der Waals surface area contributed by atoms with E-state index in [0.29, 0.717) is 18.5 Å². The van der Waals surface area contributed by atoms with Crippen LogP contribution >= 0.6 is 0 Å². The van der Waals surface area contributed by atoms with Gasteiger partial charge in [0, 0.05) is 13.3 Å². The van der Waals surface area contributed by atoms with Crippen molar-refractivity contribution in [3.8, 4) is 0 Å². The quantitative estimate of drug-likeness (QED) is 0.686. The first-order chi connectivity index (χ1) is 11.9. The molecule has 132 valence electrons. The van der Waals surface area contributed by atoms with Crippen molar-refractivity contribution >= 4 is 29.4 Å². The molecule has 1 aromatic carbocycles. The van der Waals surface area contributed by atoms with E-state index >= 15 is 0 Å². The molecule has 0 bridgehead atoms. The van der Waals surface area contributed by atoms with Gasteiger partial charge in [0.25, 0.3) is 0 Å². The molecule has 0 spiro atoms. The van der Waals surface area contributed by atoms with Crippen LogP contribution in [0.1, 0.15) is 24.5 Å². The number of carbonyl (C=O) groups is 4. The average molecular weight is 345 g/mol. The van der Waals surface area contributed by atoms with E-state index in [1.165, 1.54) is 11.8 Å². The van der Waals surface area contributed by atoms with Gasteiger partial charge in [0.05, 0.1) is 12.2 Å². The lowest BCUT2D eigenvalue weighted by molar-refractivity contribution is -0.140. The summed E-state index contributed by atoms with van der Waals surface area (Å²) in [6.07, 6.45) is 1.20. The van der Waals surface area contributed by atoms with E-state index in [1.807, 2.05) is 18.2 Å². The van der Waals surface area contributed by atoms with Crippen molar-refractivity contribution in [3.05, 3.63) is 29.3 Å². The topological polar surface area (TPSA) is 116 Å². The van der Waals surface area contributed by atoms with Crippen molar-refractivity contribution in [2.45, 2.75) is 38.3 Å². The van der Waals surface area contributed by atoms with Crippen molar-refractivity contribution in [1.29, 1.82) is 0 Å².